The molecule has 0 aliphatic carbocycles. The summed E-state index contributed by atoms with van der Waals surface area (Å²) in [5.74, 6) is -12.0. The number of amides is 13. The molecule has 5 rings (SSSR count). The molecule has 2 fully saturated rings. The van der Waals surface area contributed by atoms with Crippen LogP contribution in [0.5, 0.6) is 0 Å². The number of likely N-dealkylation sites (tertiary alicyclic amines) is 1. The number of benzene rings is 3. The predicted molar refractivity (Wildman–Crippen MR) is 389 cm³/mol. The minimum atomic E-state index is -1.85. The number of carbonyl (C=O) groups excluding carboxylic acids is 13. The molecule has 27 heteroatoms. The van der Waals surface area contributed by atoms with Crippen LogP contribution in [-0.2, 0) is 81.6 Å². The summed E-state index contributed by atoms with van der Waals surface area (Å²) in [4.78, 5) is 201. The third kappa shape index (κ3) is 23.6. The van der Waals surface area contributed by atoms with Gasteiger partial charge in [-0.05, 0) is 93.2 Å². The van der Waals surface area contributed by atoms with Crippen LogP contribution in [0.15, 0.2) is 91.0 Å². The van der Waals surface area contributed by atoms with Crippen LogP contribution in [0.3, 0.4) is 0 Å². The number of hydrogen-bond donors (Lipinski definition) is 7. The Hall–Kier alpha value is -9.27. The third-order valence-electron chi connectivity index (χ3n) is 19.4. The van der Waals surface area contributed by atoms with Crippen LogP contribution >= 0.6 is 0 Å². The van der Waals surface area contributed by atoms with Crippen molar-refractivity contribution in [2.45, 2.75) is 207 Å². The lowest BCUT2D eigenvalue weighted by Gasteiger charge is -2.37. The molecule has 27 nitrogen and oxygen atoms in total. The average molecular weight is 1430 g/mol. The van der Waals surface area contributed by atoms with E-state index in [0.717, 1.165) is 38.9 Å². The van der Waals surface area contributed by atoms with E-state index in [4.69, 9.17) is 0 Å². The summed E-state index contributed by atoms with van der Waals surface area (Å²) < 4.78 is 0. The van der Waals surface area contributed by atoms with Crippen LogP contribution in [-0.4, -0.2) is 251 Å². The number of hydrogen-bond acceptors (Lipinski definition) is 14. The molecule has 0 aromatic heterocycles. The zero-order valence-electron chi connectivity index (χ0n) is 63.3. The second-order valence-electron chi connectivity index (χ2n) is 29.2. The summed E-state index contributed by atoms with van der Waals surface area (Å²) in [6.45, 7) is 18.5. The molecule has 566 valence electrons. The first-order valence-electron chi connectivity index (χ1n) is 35.9. The Morgan fingerprint density at radius 2 is 1.03 bits per heavy atom. The topological polar surface area (TPSA) is 337 Å². The molecule has 12 atom stereocenters. The summed E-state index contributed by atoms with van der Waals surface area (Å²) >= 11 is 0. The van der Waals surface area contributed by atoms with Crippen LogP contribution < -0.4 is 31.9 Å². The summed E-state index contributed by atoms with van der Waals surface area (Å²) in [5, 5.41) is 27.8. The van der Waals surface area contributed by atoms with Crippen molar-refractivity contribution in [2.75, 3.05) is 61.9 Å². The summed E-state index contributed by atoms with van der Waals surface area (Å²) in [5.41, 5.74) is 1.77. The van der Waals surface area contributed by atoms with Crippen molar-refractivity contribution in [1.29, 1.82) is 0 Å². The highest BCUT2D eigenvalue weighted by Gasteiger charge is 2.44. The fourth-order valence-electron chi connectivity index (χ4n) is 13.0. The molecule has 2 saturated heterocycles. The number of aliphatic hydroxyl groups excluding tert-OH is 1. The molecular formula is C76H113N13O14. The summed E-state index contributed by atoms with van der Waals surface area (Å²) in [7, 11) is 8.06. The molecule has 103 heavy (non-hydrogen) atoms. The van der Waals surface area contributed by atoms with Crippen LogP contribution in [0.4, 0.5) is 0 Å². The van der Waals surface area contributed by atoms with Crippen LogP contribution in [0.25, 0.3) is 0 Å². The molecule has 2 aliphatic heterocycles. The van der Waals surface area contributed by atoms with Crippen molar-refractivity contribution >= 4 is 76.8 Å². The van der Waals surface area contributed by atoms with Crippen molar-refractivity contribution in [3.05, 3.63) is 108 Å². The molecule has 0 saturated carbocycles. The highest BCUT2D eigenvalue weighted by molar-refractivity contribution is 6.01. The van der Waals surface area contributed by atoms with E-state index in [0.29, 0.717) is 29.8 Å². The number of rotatable bonds is 18. The van der Waals surface area contributed by atoms with Gasteiger partial charge in [0.1, 0.15) is 66.5 Å². The fraction of sp³-hybridized carbons (Fsp3) is 0.592. The number of likely N-dealkylation sites (N-methyl/N-ethyl adjacent to an activating group) is 6. The monoisotopic (exact) mass is 1430 g/mol. The number of aliphatic hydroxyl groups is 1. The van der Waals surface area contributed by atoms with Gasteiger partial charge in [0.2, 0.25) is 76.8 Å². The van der Waals surface area contributed by atoms with E-state index >= 15 is 24.0 Å². The normalized spacial score (nSPS) is 23.9. The van der Waals surface area contributed by atoms with E-state index in [9.17, 15) is 43.5 Å². The summed E-state index contributed by atoms with van der Waals surface area (Å²) in [6, 6.07) is 10.6. The molecule has 2 heterocycles. The van der Waals surface area contributed by atoms with E-state index < -0.39 is 168 Å². The maximum Gasteiger partial charge on any atom is 0.248 e. The molecule has 0 spiro atoms. The highest BCUT2D eigenvalue weighted by atomic mass is 16.3. The molecule has 0 unspecified atom stereocenters. The quantitative estimate of drug-likeness (QED) is 0.0963. The predicted octanol–water partition coefficient (Wildman–Crippen LogP) is 2.46. The van der Waals surface area contributed by atoms with Gasteiger partial charge in [-0.2, -0.15) is 0 Å². The van der Waals surface area contributed by atoms with Gasteiger partial charge in [0.05, 0.1) is 19.1 Å². The third-order valence-corrected chi connectivity index (χ3v) is 19.4. The lowest BCUT2D eigenvalue weighted by Crippen LogP contribution is -2.62. The molecule has 0 radical (unpaired) electrons. The maximum atomic E-state index is 15.6. The van der Waals surface area contributed by atoms with E-state index in [1.165, 1.54) is 65.9 Å². The Kier molecular flexibility index (Phi) is 32.3. The number of nitrogens with zero attached hydrogens (tertiary/aromatic N) is 7. The van der Waals surface area contributed by atoms with Crippen molar-refractivity contribution < 1.29 is 67.4 Å². The van der Waals surface area contributed by atoms with Crippen molar-refractivity contribution in [3.63, 3.8) is 0 Å². The van der Waals surface area contributed by atoms with E-state index in [1.807, 2.05) is 13.8 Å². The van der Waals surface area contributed by atoms with Crippen LogP contribution in [0, 0.1) is 23.7 Å². The number of carbonyl (C=O) groups is 13. The lowest BCUT2D eigenvalue weighted by molar-refractivity contribution is -0.150. The Morgan fingerprint density at radius 3 is 1.55 bits per heavy atom. The van der Waals surface area contributed by atoms with Gasteiger partial charge in [0, 0.05) is 74.6 Å². The Morgan fingerprint density at radius 1 is 0.524 bits per heavy atom. The minimum Gasteiger partial charge on any atom is -0.391 e. The Balaban J connectivity index is 1.68. The molecule has 3 aromatic carbocycles. The first-order chi connectivity index (χ1) is 48.5. The minimum absolute atomic E-state index is 0.0248. The molecule has 3 aromatic rings. The highest BCUT2D eigenvalue weighted by Crippen LogP contribution is 2.23. The standard InChI is InChI=1S/C76H113N13O14/c1-45(2)38-57-70(97)82-64(51(11)90)76(103)87(16)58(41-53-32-24-19-25-33-53)68(95)77-44-62(92)84(13)60(39-46(3)4)74(101)88(17)65(48(7)8)71(98)79-55(40-52-30-22-18-23-31-52)67(94)80-56(43-61(91)83(12)50(10)66(93)81-63(47(5)6)75(102)86(57)15)73(100)85(14)59(42-54-34-26-20-27-35-54)69(96)78-49(9)72(99)89-36-28-21-29-37-89/h18-20,22-27,30-35,45-51,55-60,63-65,90H,21,28-29,36-44H2,1-17H3,(H,77,95)(H,78,96)(H,79,98)(H,80,94)(H,81,93)(H,82,97)/t49-,50-,51+,55-,56-,57-,58-,59-,60-,63-,64-,65-/m0/s1. The van der Waals surface area contributed by atoms with Gasteiger partial charge in [-0.3, -0.25) is 62.3 Å². The van der Waals surface area contributed by atoms with Gasteiger partial charge >= 0.3 is 0 Å². The van der Waals surface area contributed by atoms with Crippen molar-refractivity contribution in [3.8, 4) is 0 Å². The van der Waals surface area contributed by atoms with E-state index in [1.54, 1.807) is 144 Å². The molecule has 13 amide bonds. The Labute approximate surface area is 607 Å². The fourth-order valence-corrected chi connectivity index (χ4v) is 13.0. The number of nitrogens with one attached hydrogen (secondary N) is 6. The van der Waals surface area contributed by atoms with Gasteiger partial charge in [0.25, 0.3) is 0 Å². The smallest absolute Gasteiger partial charge is 0.248 e. The average Bonchev–Trinajstić information content (AvgIpc) is 0.838. The zero-order valence-corrected chi connectivity index (χ0v) is 63.3. The van der Waals surface area contributed by atoms with Crippen LogP contribution in [0.2, 0.25) is 0 Å². The lowest BCUT2D eigenvalue weighted by atomic mass is 9.96. The van der Waals surface area contributed by atoms with Gasteiger partial charge in [-0.25, -0.2) is 0 Å². The SMILES string of the molecule is CC(C)C[C@H]1C(=O)N(C)[C@@H](C(C)C)C(=O)N[C@@H](Cc2ccccc2)C(=O)N[C@H](C(=O)N(C)[C@@H](Cc2ccccc2)C(=O)N[C@@H](C)C(=O)N2CCCCC2)CC(=O)N(C)[C@@H](C)C(=O)N[C@@H](C(C)C)C(=O)N(C)[C@@H](CC(C)C)C(=O)N[C@@H]([C@@H](C)O)C(=O)N(C)[C@@H](Cc2ccccc2)C(=O)NCC(=O)N1C. The van der Waals surface area contributed by atoms with Gasteiger partial charge in [-0.1, -0.05) is 146 Å². The van der Waals surface area contributed by atoms with Crippen molar-refractivity contribution in [1.82, 2.24) is 66.2 Å². The second-order valence-corrected chi connectivity index (χ2v) is 29.2. The zero-order chi connectivity index (χ0) is 76.9. The van der Waals surface area contributed by atoms with Crippen molar-refractivity contribution in [2.24, 2.45) is 23.7 Å². The molecule has 0 bridgehead atoms. The largest absolute Gasteiger partial charge is 0.391 e. The first kappa shape index (κ1) is 84.4. The van der Waals surface area contributed by atoms with Gasteiger partial charge < -0.3 is 71.3 Å². The van der Waals surface area contributed by atoms with Gasteiger partial charge in [-0.15, -0.1) is 0 Å². The molecule has 2 aliphatic rings. The first-order valence-corrected chi connectivity index (χ1v) is 35.9. The summed E-state index contributed by atoms with van der Waals surface area (Å²) in [6.07, 6.45) is -0.170. The van der Waals surface area contributed by atoms with E-state index in [2.05, 4.69) is 31.9 Å². The molecule has 7 N–H and O–H groups in total. The second kappa shape index (κ2) is 39.4. The van der Waals surface area contributed by atoms with Gasteiger partial charge in [0.15, 0.2) is 0 Å². The Bertz CT molecular complexity index is 3410. The van der Waals surface area contributed by atoms with E-state index in [-0.39, 0.29) is 49.8 Å². The molecular weight excluding hydrogens is 1320 g/mol. The van der Waals surface area contributed by atoms with Crippen LogP contribution in [0.1, 0.15) is 131 Å². The number of piperidine rings is 1. The maximum absolute atomic E-state index is 15.6.